The van der Waals surface area contributed by atoms with Gasteiger partial charge in [0.2, 0.25) is 5.91 Å². The van der Waals surface area contributed by atoms with Crippen LogP contribution < -0.4 is 10.6 Å². The summed E-state index contributed by atoms with van der Waals surface area (Å²) in [6.45, 7) is 0.936. The third-order valence-corrected chi connectivity index (χ3v) is 6.66. The van der Waals surface area contributed by atoms with Crippen LogP contribution in [-0.4, -0.2) is 44.5 Å². The number of sulfone groups is 1. The summed E-state index contributed by atoms with van der Waals surface area (Å²) in [7, 11) is -2.95. The Balaban J connectivity index is 1.59. The SMILES string of the molecule is O=C(NC1CCCS(=O)(=O)C1)C1NCC2CCCC21. The summed E-state index contributed by atoms with van der Waals surface area (Å²) >= 11 is 0. The summed E-state index contributed by atoms with van der Waals surface area (Å²) in [6.07, 6.45) is 5.01. The van der Waals surface area contributed by atoms with Gasteiger partial charge in [-0.2, -0.15) is 0 Å². The first-order valence-electron chi connectivity index (χ1n) is 7.29. The molecule has 0 aromatic heterocycles. The number of nitrogens with one attached hydrogen (secondary N) is 2. The van der Waals surface area contributed by atoms with Gasteiger partial charge in [0.1, 0.15) is 0 Å². The zero-order chi connectivity index (χ0) is 13.5. The fraction of sp³-hybridized carbons (Fsp3) is 0.923. The highest BCUT2D eigenvalue weighted by Crippen LogP contribution is 2.37. The average molecular weight is 286 g/mol. The van der Waals surface area contributed by atoms with Crippen molar-refractivity contribution >= 4 is 15.7 Å². The van der Waals surface area contributed by atoms with Gasteiger partial charge in [0.25, 0.3) is 0 Å². The second-order valence-corrected chi connectivity index (χ2v) is 8.43. The molecule has 0 bridgehead atoms. The van der Waals surface area contributed by atoms with Gasteiger partial charge in [0.05, 0.1) is 17.5 Å². The molecule has 0 aromatic carbocycles. The molecule has 0 aromatic rings. The largest absolute Gasteiger partial charge is 0.351 e. The molecule has 2 N–H and O–H groups in total. The van der Waals surface area contributed by atoms with E-state index >= 15 is 0 Å². The van der Waals surface area contributed by atoms with Crippen LogP contribution in [0.15, 0.2) is 0 Å². The van der Waals surface area contributed by atoms with Crippen LogP contribution in [0.5, 0.6) is 0 Å². The van der Waals surface area contributed by atoms with Gasteiger partial charge in [-0.1, -0.05) is 6.42 Å². The molecule has 1 aliphatic carbocycles. The molecule has 19 heavy (non-hydrogen) atoms. The average Bonchev–Trinajstić information content (AvgIpc) is 2.88. The van der Waals surface area contributed by atoms with Crippen molar-refractivity contribution in [2.45, 2.75) is 44.2 Å². The Kier molecular flexibility index (Phi) is 3.55. The van der Waals surface area contributed by atoms with E-state index in [1.165, 1.54) is 12.8 Å². The van der Waals surface area contributed by atoms with Crippen molar-refractivity contribution in [3.63, 3.8) is 0 Å². The van der Waals surface area contributed by atoms with Crippen molar-refractivity contribution in [1.29, 1.82) is 0 Å². The Hall–Kier alpha value is -0.620. The van der Waals surface area contributed by atoms with Gasteiger partial charge in [-0.25, -0.2) is 8.42 Å². The van der Waals surface area contributed by atoms with Gasteiger partial charge in [-0.3, -0.25) is 4.79 Å². The monoisotopic (exact) mass is 286 g/mol. The van der Waals surface area contributed by atoms with Crippen LogP contribution >= 0.6 is 0 Å². The predicted octanol–water partition coefficient (Wildman–Crippen LogP) is 0.0679. The molecule has 0 spiro atoms. The van der Waals surface area contributed by atoms with Gasteiger partial charge in [-0.15, -0.1) is 0 Å². The van der Waals surface area contributed by atoms with Crippen LogP contribution in [0.4, 0.5) is 0 Å². The van der Waals surface area contributed by atoms with Gasteiger partial charge in [0, 0.05) is 6.04 Å². The van der Waals surface area contributed by atoms with E-state index in [0.717, 1.165) is 19.4 Å². The molecular weight excluding hydrogens is 264 g/mol. The quantitative estimate of drug-likeness (QED) is 0.753. The lowest BCUT2D eigenvalue weighted by molar-refractivity contribution is -0.124. The smallest absolute Gasteiger partial charge is 0.237 e. The van der Waals surface area contributed by atoms with Gasteiger partial charge in [-0.05, 0) is 44.1 Å². The molecule has 4 atom stereocenters. The minimum Gasteiger partial charge on any atom is -0.351 e. The van der Waals surface area contributed by atoms with E-state index < -0.39 is 9.84 Å². The van der Waals surface area contributed by atoms with Crippen molar-refractivity contribution in [3.8, 4) is 0 Å². The Labute approximate surface area is 114 Å². The lowest BCUT2D eigenvalue weighted by Crippen LogP contribution is -2.50. The maximum atomic E-state index is 12.3. The second-order valence-electron chi connectivity index (χ2n) is 6.20. The van der Waals surface area contributed by atoms with Crippen LogP contribution in [0.1, 0.15) is 32.1 Å². The first-order valence-corrected chi connectivity index (χ1v) is 9.11. The summed E-state index contributed by atoms with van der Waals surface area (Å²) in [5.41, 5.74) is 0. The number of rotatable bonds is 2. The number of amides is 1. The molecule has 108 valence electrons. The summed E-state index contributed by atoms with van der Waals surface area (Å²) in [6, 6.07) is -0.286. The molecule has 3 fully saturated rings. The number of hydrogen-bond acceptors (Lipinski definition) is 4. The van der Waals surface area contributed by atoms with E-state index in [-0.39, 0.29) is 29.5 Å². The van der Waals surface area contributed by atoms with Crippen molar-refractivity contribution in [2.75, 3.05) is 18.1 Å². The molecule has 2 saturated heterocycles. The number of carbonyl (C=O) groups excluding carboxylic acids is 1. The minimum atomic E-state index is -2.95. The van der Waals surface area contributed by atoms with E-state index in [0.29, 0.717) is 18.3 Å². The summed E-state index contributed by atoms with van der Waals surface area (Å²) in [5, 5.41) is 6.26. The fourth-order valence-electron chi connectivity index (χ4n) is 3.90. The van der Waals surface area contributed by atoms with Crippen LogP contribution in [-0.2, 0) is 14.6 Å². The molecule has 4 unspecified atom stereocenters. The van der Waals surface area contributed by atoms with Gasteiger partial charge in [0.15, 0.2) is 9.84 Å². The number of carbonyl (C=O) groups is 1. The predicted molar refractivity (Wildman–Crippen MR) is 72.4 cm³/mol. The third kappa shape index (κ3) is 2.79. The lowest BCUT2D eigenvalue weighted by atomic mass is 9.93. The Bertz CT molecular complexity index is 463. The topological polar surface area (TPSA) is 75.3 Å². The molecule has 1 saturated carbocycles. The molecule has 3 rings (SSSR count). The molecule has 1 amide bonds. The van der Waals surface area contributed by atoms with Crippen molar-refractivity contribution in [2.24, 2.45) is 11.8 Å². The zero-order valence-electron chi connectivity index (χ0n) is 11.1. The van der Waals surface area contributed by atoms with E-state index in [1.807, 2.05) is 0 Å². The highest BCUT2D eigenvalue weighted by molar-refractivity contribution is 7.91. The van der Waals surface area contributed by atoms with Crippen molar-refractivity contribution in [3.05, 3.63) is 0 Å². The first kappa shape index (κ1) is 13.4. The summed E-state index contributed by atoms with van der Waals surface area (Å²) < 4.78 is 23.2. The second kappa shape index (κ2) is 5.05. The van der Waals surface area contributed by atoms with Crippen molar-refractivity contribution in [1.82, 2.24) is 10.6 Å². The number of fused-ring (bicyclic) bond motifs is 1. The molecule has 5 nitrogen and oxygen atoms in total. The highest BCUT2D eigenvalue weighted by Gasteiger charge is 2.43. The summed E-state index contributed by atoms with van der Waals surface area (Å²) in [4.78, 5) is 12.3. The standard InChI is InChI=1S/C13H22N2O3S/c16-13(12-11-5-1-3-9(11)7-14-12)15-10-4-2-6-19(17,18)8-10/h9-12,14H,1-8H2,(H,15,16). The van der Waals surface area contributed by atoms with Crippen LogP contribution in [0.2, 0.25) is 0 Å². The molecule has 2 aliphatic heterocycles. The molecule has 3 aliphatic rings. The molecule has 6 heteroatoms. The minimum absolute atomic E-state index is 0.0106. The lowest BCUT2D eigenvalue weighted by Gasteiger charge is -2.26. The molecule has 2 heterocycles. The van der Waals surface area contributed by atoms with E-state index in [9.17, 15) is 13.2 Å². The molecule has 0 radical (unpaired) electrons. The van der Waals surface area contributed by atoms with E-state index in [2.05, 4.69) is 10.6 Å². The molecular formula is C13H22N2O3S. The van der Waals surface area contributed by atoms with Gasteiger partial charge >= 0.3 is 0 Å². The number of hydrogen-bond donors (Lipinski definition) is 2. The van der Waals surface area contributed by atoms with Crippen molar-refractivity contribution < 1.29 is 13.2 Å². The fourth-order valence-corrected chi connectivity index (χ4v) is 5.54. The maximum absolute atomic E-state index is 12.3. The van der Waals surface area contributed by atoms with Crippen LogP contribution in [0, 0.1) is 11.8 Å². The van der Waals surface area contributed by atoms with Crippen LogP contribution in [0.3, 0.4) is 0 Å². The summed E-state index contributed by atoms with van der Waals surface area (Å²) in [5.74, 6) is 1.49. The van der Waals surface area contributed by atoms with E-state index in [4.69, 9.17) is 0 Å². The third-order valence-electron chi connectivity index (χ3n) is 4.84. The maximum Gasteiger partial charge on any atom is 0.237 e. The Morgan fingerprint density at radius 3 is 2.79 bits per heavy atom. The first-order chi connectivity index (χ1) is 9.05. The van der Waals surface area contributed by atoms with E-state index in [1.54, 1.807) is 0 Å². The Morgan fingerprint density at radius 2 is 2.00 bits per heavy atom. The normalized spacial score (nSPS) is 40.8. The Morgan fingerprint density at radius 1 is 1.16 bits per heavy atom. The van der Waals surface area contributed by atoms with Gasteiger partial charge < -0.3 is 10.6 Å². The highest BCUT2D eigenvalue weighted by atomic mass is 32.2. The van der Waals surface area contributed by atoms with Crippen LogP contribution in [0.25, 0.3) is 0 Å². The zero-order valence-corrected chi connectivity index (χ0v) is 11.9.